The van der Waals surface area contributed by atoms with Crippen LogP contribution in [0.15, 0.2) is 47.8 Å². The summed E-state index contributed by atoms with van der Waals surface area (Å²) < 4.78 is 0. The molecular formula is C13H14OS. The molecule has 15 heavy (non-hydrogen) atoms. The summed E-state index contributed by atoms with van der Waals surface area (Å²) in [6, 6.07) is 14.0. The van der Waals surface area contributed by atoms with Gasteiger partial charge in [-0.05, 0) is 23.9 Å². The first-order valence-corrected chi connectivity index (χ1v) is 5.87. The van der Waals surface area contributed by atoms with Crippen molar-refractivity contribution in [1.82, 2.24) is 0 Å². The molecule has 0 spiro atoms. The Morgan fingerprint density at radius 2 is 1.87 bits per heavy atom. The molecule has 1 nitrogen and oxygen atoms in total. The van der Waals surface area contributed by atoms with Gasteiger partial charge in [0.15, 0.2) is 0 Å². The van der Waals surface area contributed by atoms with Gasteiger partial charge >= 0.3 is 0 Å². The van der Waals surface area contributed by atoms with E-state index < -0.39 is 5.60 Å². The summed E-state index contributed by atoms with van der Waals surface area (Å²) in [5.74, 6) is 0. The van der Waals surface area contributed by atoms with E-state index in [1.54, 1.807) is 11.3 Å². The summed E-state index contributed by atoms with van der Waals surface area (Å²) in [4.78, 5) is 1.02. The first kappa shape index (κ1) is 10.4. The van der Waals surface area contributed by atoms with Crippen LogP contribution in [-0.2, 0) is 12.0 Å². The SMILES string of the molecule is CC(O)(Cc1ccccc1)c1cccs1. The summed E-state index contributed by atoms with van der Waals surface area (Å²) in [6.07, 6.45) is 0.661. The second-order valence-electron chi connectivity index (χ2n) is 3.91. The zero-order chi connectivity index (χ0) is 10.7. The van der Waals surface area contributed by atoms with Crippen LogP contribution >= 0.6 is 11.3 Å². The van der Waals surface area contributed by atoms with Crippen molar-refractivity contribution in [1.29, 1.82) is 0 Å². The van der Waals surface area contributed by atoms with Gasteiger partial charge in [-0.25, -0.2) is 0 Å². The fourth-order valence-corrected chi connectivity index (χ4v) is 2.45. The van der Waals surface area contributed by atoms with E-state index >= 15 is 0 Å². The molecule has 78 valence electrons. The highest BCUT2D eigenvalue weighted by Gasteiger charge is 2.24. The van der Waals surface area contributed by atoms with E-state index in [9.17, 15) is 5.11 Å². The fraction of sp³-hybridized carbons (Fsp3) is 0.231. The van der Waals surface area contributed by atoms with Gasteiger partial charge in [-0.2, -0.15) is 0 Å². The Kier molecular flexibility index (Phi) is 2.89. The van der Waals surface area contributed by atoms with Crippen LogP contribution in [-0.4, -0.2) is 5.11 Å². The van der Waals surface area contributed by atoms with Crippen LogP contribution in [0.3, 0.4) is 0 Å². The van der Waals surface area contributed by atoms with Crippen molar-refractivity contribution in [2.75, 3.05) is 0 Å². The van der Waals surface area contributed by atoms with Gasteiger partial charge in [-0.1, -0.05) is 36.4 Å². The molecule has 0 aliphatic rings. The van der Waals surface area contributed by atoms with Crippen molar-refractivity contribution in [2.24, 2.45) is 0 Å². The largest absolute Gasteiger partial charge is 0.384 e. The van der Waals surface area contributed by atoms with Gasteiger partial charge in [0, 0.05) is 11.3 Å². The third kappa shape index (κ3) is 2.46. The van der Waals surface area contributed by atoms with E-state index in [0.29, 0.717) is 6.42 Å². The Labute approximate surface area is 94.0 Å². The average molecular weight is 218 g/mol. The lowest BCUT2D eigenvalue weighted by atomic mass is 9.95. The maximum absolute atomic E-state index is 10.3. The van der Waals surface area contributed by atoms with Gasteiger partial charge < -0.3 is 5.11 Å². The highest BCUT2D eigenvalue weighted by molar-refractivity contribution is 7.10. The summed E-state index contributed by atoms with van der Waals surface area (Å²) in [6.45, 7) is 1.87. The van der Waals surface area contributed by atoms with E-state index in [1.165, 1.54) is 0 Å². The smallest absolute Gasteiger partial charge is 0.0999 e. The molecule has 0 aliphatic carbocycles. The molecule has 0 radical (unpaired) electrons. The first-order valence-electron chi connectivity index (χ1n) is 4.99. The lowest BCUT2D eigenvalue weighted by Gasteiger charge is -2.21. The van der Waals surface area contributed by atoms with Crippen LogP contribution in [0.1, 0.15) is 17.4 Å². The normalized spacial score (nSPS) is 14.8. The molecule has 0 bridgehead atoms. The van der Waals surface area contributed by atoms with Gasteiger partial charge in [0.05, 0.1) is 5.60 Å². The van der Waals surface area contributed by atoms with Crippen LogP contribution in [0.4, 0.5) is 0 Å². The zero-order valence-electron chi connectivity index (χ0n) is 8.68. The number of hydrogen-bond donors (Lipinski definition) is 1. The van der Waals surface area contributed by atoms with E-state index in [4.69, 9.17) is 0 Å². The van der Waals surface area contributed by atoms with Crippen molar-refractivity contribution in [3.63, 3.8) is 0 Å². The quantitative estimate of drug-likeness (QED) is 0.838. The zero-order valence-corrected chi connectivity index (χ0v) is 9.50. The maximum atomic E-state index is 10.3. The number of aliphatic hydroxyl groups is 1. The standard InChI is InChI=1S/C13H14OS/c1-13(14,12-8-5-9-15-12)10-11-6-3-2-4-7-11/h2-9,14H,10H2,1H3. The predicted octanol–water partition coefficient (Wildman–Crippen LogP) is 3.20. The van der Waals surface area contributed by atoms with Gasteiger partial charge in [0.2, 0.25) is 0 Å². The van der Waals surface area contributed by atoms with Crippen molar-refractivity contribution in [3.8, 4) is 0 Å². The molecular weight excluding hydrogens is 204 g/mol. The third-order valence-electron chi connectivity index (χ3n) is 2.44. The molecule has 0 saturated carbocycles. The van der Waals surface area contributed by atoms with E-state index in [1.807, 2.05) is 54.8 Å². The van der Waals surface area contributed by atoms with Crippen LogP contribution < -0.4 is 0 Å². The minimum Gasteiger partial charge on any atom is -0.384 e. The van der Waals surface area contributed by atoms with Crippen LogP contribution in [0.2, 0.25) is 0 Å². The minimum atomic E-state index is -0.754. The van der Waals surface area contributed by atoms with E-state index in [0.717, 1.165) is 10.4 Å². The molecule has 1 heterocycles. The summed E-state index contributed by atoms with van der Waals surface area (Å²) in [7, 11) is 0. The van der Waals surface area contributed by atoms with Gasteiger partial charge in [0.1, 0.15) is 0 Å². The van der Waals surface area contributed by atoms with Crippen molar-refractivity contribution in [3.05, 3.63) is 58.3 Å². The molecule has 1 N–H and O–H groups in total. The molecule has 1 unspecified atom stereocenters. The first-order chi connectivity index (χ1) is 7.18. The molecule has 0 fully saturated rings. The molecule has 1 aromatic heterocycles. The second kappa shape index (κ2) is 4.17. The highest BCUT2D eigenvalue weighted by Crippen LogP contribution is 2.28. The molecule has 0 aliphatic heterocycles. The monoisotopic (exact) mass is 218 g/mol. The molecule has 1 atom stereocenters. The summed E-state index contributed by atoms with van der Waals surface area (Å²) >= 11 is 1.60. The number of rotatable bonds is 3. The fourth-order valence-electron chi connectivity index (χ4n) is 1.67. The molecule has 2 rings (SSSR count). The van der Waals surface area contributed by atoms with Gasteiger partial charge in [0.25, 0.3) is 0 Å². The lowest BCUT2D eigenvalue weighted by molar-refractivity contribution is 0.0615. The molecule has 0 amide bonds. The Morgan fingerprint density at radius 1 is 1.13 bits per heavy atom. The average Bonchev–Trinajstić information content (AvgIpc) is 2.71. The number of benzene rings is 1. The third-order valence-corrected chi connectivity index (χ3v) is 3.57. The van der Waals surface area contributed by atoms with E-state index in [-0.39, 0.29) is 0 Å². The van der Waals surface area contributed by atoms with Crippen molar-refractivity contribution < 1.29 is 5.11 Å². The van der Waals surface area contributed by atoms with Gasteiger partial charge in [-0.15, -0.1) is 11.3 Å². The Hall–Kier alpha value is -1.12. The molecule has 1 aromatic carbocycles. The lowest BCUT2D eigenvalue weighted by Crippen LogP contribution is -2.22. The molecule has 2 heteroatoms. The van der Waals surface area contributed by atoms with Crippen LogP contribution in [0, 0.1) is 0 Å². The van der Waals surface area contributed by atoms with Crippen molar-refractivity contribution in [2.45, 2.75) is 18.9 Å². The van der Waals surface area contributed by atoms with Crippen molar-refractivity contribution >= 4 is 11.3 Å². The minimum absolute atomic E-state index is 0.661. The highest BCUT2D eigenvalue weighted by atomic mass is 32.1. The Bertz CT molecular complexity index is 403. The Morgan fingerprint density at radius 3 is 2.47 bits per heavy atom. The number of thiophene rings is 1. The number of hydrogen-bond acceptors (Lipinski definition) is 2. The molecule has 2 aromatic rings. The summed E-state index contributed by atoms with van der Waals surface area (Å²) in [5.41, 5.74) is 0.408. The summed E-state index contributed by atoms with van der Waals surface area (Å²) in [5, 5.41) is 12.3. The topological polar surface area (TPSA) is 20.2 Å². The molecule has 0 saturated heterocycles. The van der Waals surface area contributed by atoms with Crippen LogP contribution in [0.25, 0.3) is 0 Å². The van der Waals surface area contributed by atoms with Crippen LogP contribution in [0.5, 0.6) is 0 Å². The predicted molar refractivity (Wildman–Crippen MR) is 64.0 cm³/mol. The maximum Gasteiger partial charge on any atom is 0.0999 e. The Balaban J connectivity index is 2.18. The van der Waals surface area contributed by atoms with Gasteiger partial charge in [-0.3, -0.25) is 0 Å². The second-order valence-corrected chi connectivity index (χ2v) is 4.86. The van der Waals surface area contributed by atoms with E-state index in [2.05, 4.69) is 0 Å².